The summed E-state index contributed by atoms with van der Waals surface area (Å²) >= 11 is 1.25. The van der Waals surface area contributed by atoms with Crippen LogP contribution in [0.2, 0.25) is 0 Å². The molecule has 1 aromatic carbocycles. The van der Waals surface area contributed by atoms with E-state index in [0.29, 0.717) is 24.5 Å². The van der Waals surface area contributed by atoms with Crippen LogP contribution in [0, 0.1) is 0 Å². The van der Waals surface area contributed by atoms with E-state index in [2.05, 4.69) is 20.0 Å². The molecule has 0 saturated carbocycles. The van der Waals surface area contributed by atoms with Gasteiger partial charge in [-0.3, -0.25) is 9.78 Å². The first kappa shape index (κ1) is 16.3. The molecule has 0 aliphatic carbocycles. The predicted molar refractivity (Wildman–Crippen MR) is 97.4 cm³/mol. The maximum Gasteiger partial charge on any atom is 0.273 e. The normalized spacial score (nSPS) is 12.0. The van der Waals surface area contributed by atoms with Crippen LogP contribution in [0.15, 0.2) is 48.1 Å². The molecule has 0 spiro atoms. The number of benzene rings is 1. The molecule has 1 aliphatic heterocycles. The molecular weight excluding hydrogens is 352 g/mol. The van der Waals surface area contributed by atoms with E-state index in [1.165, 1.54) is 11.5 Å². The SMILES string of the molecule is O=C(NCc1ccc2c(c1)OCO2)c1nscc1NCc1ccncc1. The minimum atomic E-state index is -0.221. The monoisotopic (exact) mass is 368 g/mol. The molecule has 4 rings (SSSR count). The largest absolute Gasteiger partial charge is 0.454 e. The second kappa shape index (κ2) is 7.40. The number of hydrogen-bond donors (Lipinski definition) is 2. The third kappa shape index (κ3) is 3.60. The van der Waals surface area contributed by atoms with E-state index in [0.717, 1.165) is 22.6 Å². The second-order valence-electron chi connectivity index (χ2n) is 5.66. The Bertz CT molecular complexity index is 914. The van der Waals surface area contributed by atoms with Crippen molar-refractivity contribution in [1.82, 2.24) is 14.7 Å². The minimum absolute atomic E-state index is 0.221. The van der Waals surface area contributed by atoms with Gasteiger partial charge in [0.1, 0.15) is 0 Å². The Balaban J connectivity index is 1.37. The number of amides is 1. The number of nitrogens with one attached hydrogen (secondary N) is 2. The van der Waals surface area contributed by atoms with Crippen molar-refractivity contribution >= 4 is 23.1 Å². The Morgan fingerprint density at radius 3 is 2.81 bits per heavy atom. The van der Waals surface area contributed by atoms with Crippen LogP contribution in [-0.4, -0.2) is 22.1 Å². The third-order valence-corrected chi connectivity index (χ3v) is 4.54. The Morgan fingerprint density at radius 2 is 1.92 bits per heavy atom. The van der Waals surface area contributed by atoms with Crippen LogP contribution in [0.1, 0.15) is 21.6 Å². The van der Waals surface area contributed by atoms with Gasteiger partial charge in [-0.25, -0.2) is 0 Å². The van der Waals surface area contributed by atoms with Gasteiger partial charge in [-0.2, -0.15) is 4.37 Å². The summed E-state index contributed by atoms with van der Waals surface area (Å²) in [6.45, 7) is 1.22. The molecule has 132 valence electrons. The average molecular weight is 368 g/mol. The lowest BCUT2D eigenvalue weighted by molar-refractivity contribution is 0.0947. The molecule has 0 bridgehead atoms. The van der Waals surface area contributed by atoms with Gasteiger partial charge < -0.3 is 20.1 Å². The van der Waals surface area contributed by atoms with Gasteiger partial charge in [0.15, 0.2) is 17.2 Å². The zero-order valence-corrected chi connectivity index (χ0v) is 14.6. The molecular formula is C18H16N4O3S. The number of anilines is 1. The first-order chi connectivity index (χ1) is 12.8. The smallest absolute Gasteiger partial charge is 0.273 e. The number of nitrogens with zero attached hydrogens (tertiary/aromatic N) is 2. The maximum absolute atomic E-state index is 12.5. The Hall–Kier alpha value is -3.13. The minimum Gasteiger partial charge on any atom is -0.454 e. The fraction of sp³-hybridized carbons (Fsp3) is 0.167. The highest BCUT2D eigenvalue weighted by atomic mass is 32.1. The number of fused-ring (bicyclic) bond motifs is 1. The van der Waals surface area contributed by atoms with E-state index in [4.69, 9.17) is 9.47 Å². The third-order valence-electron chi connectivity index (χ3n) is 3.91. The average Bonchev–Trinajstić information content (AvgIpc) is 3.34. The molecule has 1 aliphatic rings. The van der Waals surface area contributed by atoms with Crippen molar-refractivity contribution in [3.63, 3.8) is 0 Å². The molecule has 3 heterocycles. The van der Waals surface area contributed by atoms with Gasteiger partial charge in [-0.05, 0) is 46.9 Å². The van der Waals surface area contributed by atoms with Crippen molar-refractivity contribution in [2.45, 2.75) is 13.1 Å². The van der Waals surface area contributed by atoms with Gasteiger partial charge in [0.25, 0.3) is 5.91 Å². The number of carbonyl (C=O) groups is 1. The molecule has 0 saturated heterocycles. The van der Waals surface area contributed by atoms with E-state index in [-0.39, 0.29) is 12.7 Å². The number of pyridine rings is 1. The van der Waals surface area contributed by atoms with Crippen molar-refractivity contribution in [2.24, 2.45) is 0 Å². The van der Waals surface area contributed by atoms with Crippen LogP contribution >= 0.6 is 11.5 Å². The summed E-state index contributed by atoms with van der Waals surface area (Å²) in [4.78, 5) is 16.5. The molecule has 3 aromatic rings. The van der Waals surface area contributed by atoms with Crippen molar-refractivity contribution in [2.75, 3.05) is 12.1 Å². The lowest BCUT2D eigenvalue weighted by Gasteiger charge is -2.08. The summed E-state index contributed by atoms with van der Waals surface area (Å²) in [5.41, 5.74) is 3.13. The van der Waals surface area contributed by atoms with E-state index in [1.807, 2.05) is 35.7 Å². The lowest BCUT2D eigenvalue weighted by Crippen LogP contribution is -2.24. The zero-order valence-electron chi connectivity index (χ0n) is 13.8. The van der Waals surface area contributed by atoms with Crippen molar-refractivity contribution in [3.05, 3.63) is 64.9 Å². The number of carbonyl (C=O) groups excluding carboxylic acids is 1. The molecule has 1 amide bonds. The lowest BCUT2D eigenvalue weighted by atomic mass is 10.2. The molecule has 0 unspecified atom stereocenters. The Kier molecular flexibility index (Phi) is 4.65. The number of aromatic nitrogens is 2. The topological polar surface area (TPSA) is 85.4 Å². The van der Waals surface area contributed by atoms with Crippen LogP contribution in [0.3, 0.4) is 0 Å². The number of ether oxygens (including phenoxy) is 2. The van der Waals surface area contributed by atoms with Crippen molar-refractivity contribution in [1.29, 1.82) is 0 Å². The van der Waals surface area contributed by atoms with E-state index >= 15 is 0 Å². The molecule has 2 N–H and O–H groups in total. The predicted octanol–water partition coefficient (Wildman–Crippen LogP) is 2.81. The van der Waals surface area contributed by atoms with Crippen molar-refractivity contribution in [3.8, 4) is 11.5 Å². The fourth-order valence-corrected chi connectivity index (χ4v) is 3.18. The van der Waals surface area contributed by atoms with Gasteiger partial charge in [0.2, 0.25) is 6.79 Å². The van der Waals surface area contributed by atoms with E-state index in [9.17, 15) is 4.79 Å². The molecule has 26 heavy (non-hydrogen) atoms. The van der Waals surface area contributed by atoms with Gasteiger partial charge >= 0.3 is 0 Å². The molecule has 7 nitrogen and oxygen atoms in total. The quantitative estimate of drug-likeness (QED) is 0.696. The summed E-state index contributed by atoms with van der Waals surface area (Å²) in [5.74, 6) is 1.20. The summed E-state index contributed by atoms with van der Waals surface area (Å²) < 4.78 is 14.8. The molecule has 8 heteroatoms. The molecule has 0 fully saturated rings. The fourth-order valence-electron chi connectivity index (χ4n) is 2.54. The van der Waals surface area contributed by atoms with E-state index < -0.39 is 0 Å². The zero-order chi connectivity index (χ0) is 17.8. The summed E-state index contributed by atoms with van der Waals surface area (Å²) in [6, 6.07) is 9.45. The highest BCUT2D eigenvalue weighted by Gasteiger charge is 2.16. The van der Waals surface area contributed by atoms with Gasteiger partial charge in [-0.1, -0.05) is 6.07 Å². The molecule has 0 atom stereocenters. The highest BCUT2D eigenvalue weighted by Crippen LogP contribution is 2.32. The van der Waals surface area contributed by atoms with Crippen molar-refractivity contribution < 1.29 is 14.3 Å². The van der Waals surface area contributed by atoms with Gasteiger partial charge in [0, 0.05) is 30.9 Å². The van der Waals surface area contributed by atoms with Gasteiger partial charge in [0.05, 0.1) is 5.69 Å². The van der Waals surface area contributed by atoms with Crippen LogP contribution in [0.25, 0.3) is 0 Å². The Labute approximate surface area is 154 Å². The first-order valence-electron chi connectivity index (χ1n) is 8.03. The van der Waals surface area contributed by atoms with Crippen LogP contribution in [-0.2, 0) is 13.1 Å². The van der Waals surface area contributed by atoms with Gasteiger partial charge in [-0.15, -0.1) is 0 Å². The Morgan fingerprint density at radius 1 is 1.08 bits per heavy atom. The summed E-state index contributed by atoms with van der Waals surface area (Å²) in [5, 5.41) is 7.97. The van der Waals surface area contributed by atoms with Crippen LogP contribution < -0.4 is 20.1 Å². The maximum atomic E-state index is 12.5. The number of hydrogen-bond acceptors (Lipinski definition) is 7. The van der Waals surface area contributed by atoms with Crippen LogP contribution in [0.5, 0.6) is 11.5 Å². The molecule has 2 aromatic heterocycles. The number of rotatable bonds is 6. The summed E-state index contributed by atoms with van der Waals surface area (Å²) in [7, 11) is 0. The van der Waals surface area contributed by atoms with E-state index in [1.54, 1.807) is 12.4 Å². The van der Waals surface area contributed by atoms with Crippen LogP contribution in [0.4, 0.5) is 5.69 Å². The standard InChI is InChI=1S/C18H16N4O3S/c23-18(21-9-13-1-2-15-16(7-13)25-11-24-15)17-14(10-26-22-17)20-8-12-3-5-19-6-4-12/h1-7,10,20H,8-9,11H2,(H,21,23). The summed E-state index contributed by atoms with van der Waals surface area (Å²) in [6.07, 6.45) is 3.48. The first-order valence-corrected chi connectivity index (χ1v) is 8.87. The second-order valence-corrected chi connectivity index (χ2v) is 6.29. The highest BCUT2D eigenvalue weighted by molar-refractivity contribution is 7.04. The molecule has 0 radical (unpaired) electrons.